The van der Waals surface area contributed by atoms with Crippen LogP contribution < -0.4 is 24.6 Å². The zero-order valence-electron chi connectivity index (χ0n) is 19.5. The maximum absolute atomic E-state index is 10.9. The molecule has 1 atom stereocenters. The quantitative estimate of drug-likeness (QED) is 0.396. The van der Waals surface area contributed by atoms with E-state index in [-0.39, 0.29) is 17.9 Å². The third kappa shape index (κ3) is 5.27. The number of rotatable bonds is 7. The van der Waals surface area contributed by atoms with Crippen LogP contribution in [-0.4, -0.2) is 70.4 Å². The maximum Gasteiger partial charge on any atom is 0.414 e. The molecule has 5 rings (SSSR count). The van der Waals surface area contributed by atoms with Crippen molar-refractivity contribution in [1.29, 1.82) is 0 Å². The highest BCUT2D eigenvalue weighted by Gasteiger charge is 2.27. The van der Waals surface area contributed by atoms with Gasteiger partial charge in [-0.15, -0.1) is 0 Å². The molecule has 4 heterocycles. The monoisotopic (exact) mass is 480 g/mol. The van der Waals surface area contributed by atoms with Gasteiger partial charge in [0.2, 0.25) is 5.95 Å². The molecule has 3 aromatic rings. The van der Waals surface area contributed by atoms with Gasteiger partial charge in [-0.05, 0) is 35.6 Å². The summed E-state index contributed by atoms with van der Waals surface area (Å²) in [5.74, 6) is 1.40. The second-order valence-corrected chi connectivity index (χ2v) is 8.60. The van der Waals surface area contributed by atoms with E-state index >= 15 is 0 Å². The summed E-state index contributed by atoms with van der Waals surface area (Å²) >= 11 is 0. The van der Waals surface area contributed by atoms with Gasteiger partial charge in [-0.2, -0.15) is 0 Å². The SMILES string of the molecule is COc1ccc(N2CCCN(c3ncc(CN[C@@H]4COc5nc([N+](=O)[O-])cn5C4)cn3)CC2)cc1. The molecule has 0 radical (unpaired) electrons. The van der Waals surface area contributed by atoms with Crippen LogP contribution in [-0.2, 0) is 13.1 Å². The minimum absolute atomic E-state index is 0.00512. The fraction of sp³-hybridized carbons (Fsp3) is 0.435. The van der Waals surface area contributed by atoms with Gasteiger partial charge in [0, 0.05) is 67.9 Å². The fourth-order valence-corrected chi connectivity index (χ4v) is 4.34. The Morgan fingerprint density at radius 3 is 2.63 bits per heavy atom. The number of nitrogens with zero attached hydrogens (tertiary/aromatic N) is 7. The van der Waals surface area contributed by atoms with Crippen molar-refractivity contribution in [3.8, 4) is 11.8 Å². The van der Waals surface area contributed by atoms with E-state index in [1.807, 2.05) is 24.5 Å². The second kappa shape index (κ2) is 10.1. The zero-order chi connectivity index (χ0) is 24.2. The van der Waals surface area contributed by atoms with Gasteiger partial charge in [-0.1, -0.05) is 0 Å². The first-order valence-electron chi connectivity index (χ1n) is 11.6. The molecule has 2 aromatic heterocycles. The average molecular weight is 481 g/mol. The molecule has 1 saturated heterocycles. The Balaban J connectivity index is 1.13. The summed E-state index contributed by atoms with van der Waals surface area (Å²) in [6.45, 7) is 5.15. The van der Waals surface area contributed by atoms with E-state index in [0.29, 0.717) is 19.7 Å². The average Bonchev–Trinajstić information content (AvgIpc) is 3.17. The predicted octanol–water partition coefficient (Wildman–Crippen LogP) is 1.86. The first kappa shape index (κ1) is 22.8. The van der Waals surface area contributed by atoms with Gasteiger partial charge in [0.1, 0.15) is 18.6 Å². The third-order valence-corrected chi connectivity index (χ3v) is 6.25. The van der Waals surface area contributed by atoms with E-state index in [1.165, 1.54) is 11.9 Å². The molecule has 35 heavy (non-hydrogen) atoms. The number of hydrogen-bond acceptors (Lipinski definition) is 10. The molecule has 1 N–H and O–H groups in total. The van der Waals surface area contributed by atoms with Crippen LogP contribution in [0, 0.1) is 10.1 Å². The molecular formula is C23H28N8O4. The number of benzene rings is 1. The summed E-state index contributed by atoms with van der Waals surface area (Å²) in [5, 5.41) is 14.3. The Labute approximate surface area is 202 Å². The third-order valence-electron chi connectivity index (χ3n) is 6.25. The van der Waals surface area contributed by atoms with Crippen molar-refractivity contribution in [2.45, 2.75) is 25.6 Å². The second-order valence-electron chi connectivity index (χ2n) is 8.60. The Kier molecular flexibility index (Phi) is 6.62. The molecule has 1 fully saturated rings. The highest BCUT2D eigenvalue weighted by atomic mass is 16.6. The number of aromatic nitrogens is 4. The normalized spacial score (nSPS) is 17.9. The number of fused-ring (bicyclic) bond motifs is 1. The van der Waals surface area contributed by atoms with Crippen LogP contribution in [0.15, 0.2) is 42.9 Å². The van der Waals surface area contributed by atoms with Crippen molar-refractivity contribution in [2.75, 3.05) is 49.7 Å². The number of hydrogen-bond donors (Lipinski definition) is 1. The standard InChI is InChI=1S/C23H28N8O4/c1-34-20-5-3-19(4-6-20)28-7-2-8-29(10-9-28)22-25-12-17(13-26-22)11-24-18-14-30-15-21(31(32)33)27-23(30)35-16-18/h3-6,12-13,15,18,24H,2,7-11,14,16H2,1H3/t18-/m0/s1. The van der Waals surface area contributed by atoms with Crippen molar-refractivity contribution in [3.05, 3.63) is 58.5 Å². The minimum Gasteiger partial charge on any atom is -0.497 e. The van der Waals surface area contributed by atoms with Crippen LogP contribution in [0.3, 0.4) is 0 Å². The molecule has 0 saturated carbocycles. The van der Waals surface area contributed by atoms with E-state index in [2.05, 4.69) is 42.2 Å². The molecule has 184 valence electrons. The highest BCUT2D eigenvalue weighted by Crippen LogP contribution is 2.23. The number of anilines is 2. The van der Waals surface area contributed by atoms with Gasteiger partial charge in [-0.25, -0.2) is 9.97 Å². The Morgan fingerprint density at radius 1 is 1.14 bits per heavy atom. The predicted molar refractivity (Wildman–Crippen MR) is 129 cm³/mol. The van der Waals surface area contributed by atoms with E-state index in [9.17, 15) is 10.1 Å². The van der Waals surface area contributed by atoms with Crippen molar-refractivity contribution in [3.63, 3.8) is 0 Å². The van der Waals surface area contributed by atoms with Gasteiger partial charge in [0.25, 0.3) is 0 Å². The largest absolute Gasteiger partial charge is 0.497 e. The lowest BCUT2D eigenvalue weighted by Crippen LogP contribution is -2.41. The Bertz CT molecular complexity index is 1150. The summed E-state index contributed by atoms with van der Waals surface area (Å²) in [5.41, 5.74) is 2.16. The topological polar surface area (TPSA) is 124 Å². The lowest BCUT2D eigenvalue weighted by molar-refractivity contribution is -0.389. The summed E-state index contributed by atoms with van der Waals surface area (Å²) in [7, 11) is 1.68. The first-order valence-corrected chi connectivity index (χ1v) is 11.6. The first-order chi connectivity index (χ1) is 17.1. The number of nitrogens with one attached hydrogen (secondary N) is 1. The van der Waals surface area contributed by atoms with E-state index in [1.54, 1.807) is 11.7 Å². The Morgan fingerprint density at radius 2 is 1.89 bits per heavy atom. The van der Waals surface area contributed by atoms with Crippen LogP contribution in [0.1, 0.15) is 12.0 Å². The van der Waals surface area contributed by atoms with Gasteiger partial charge >= 0.3 is 11.8 Å². The highest BCUT2D eigenvalue weighted by molar-refractivity contribution is 5.50. The lowest BCUT2D eigenvalue weighted by atomic mass is 10.2. The number of imidazole rings is 1. The van der Waals surface area contributed by atoms with Gasteiger partial charge < -0.3 is 34.7 Å². The maximum atomic E-state index is 10.9. The molecule has 12 nitrogen and oxygen atoms in total. The van der Waals surface area contributed by atoms with Crippen LogP contribution in [0.5, 0.6) is 11.8 Å². The summed E-state index contributed by atoms with van der Waals surface area (Å²) in [6, 6.07) is 8.46. The molecule has 0 spiro atoms. The summed E-state index contributed by atoms with van der Waals surface area (Å²) in [4.78, 5) is 28.1. The van der Waals surface area contributed by atoms with Gasteiger partial charge in [0.05, 0.1) is 13.2 Å². The van der Waals surface area contributed by atoms with E-state index in [0.717, 1.165) is 49.9 Å². The van der Waals surface area contributed by atoms with Gasteiger partial charge in [-0.3, -0.25) is 4.57 Å². The molecule has 2 aliphatic heterocycles. The van der Waals surface area contributed by atoms with Crippen LogP contribution in [0.4, 0.5) is 17.5 Å². The lowest BCUT2D eigenvalue weighted by Gasteiger charge is -2.24. The Hall–Kier alpha value is -3.93. The minimum atomic E-state index is -0.517. The van der Waals surface area contributed by atoms with Crippen molar-refractivity contribution >= 4 is 17.5 Å². The number of ether oxygens (including phenoxy) is 2. The molecule has 0 unspecified atom stereocenters. The van der Waals surface area contributed by atoms with E-state index < -0.39 is 4.92 Å². The van der Waals surface area contributed by atoms with Crippen LogP contribution in [0.25, 0.3) is 0 Å². The van der Waals surface area contributed by atoms with Crippen molar-refractivity contribution in [1.82, 2.24) is 24.8 Å². The number of nitro groups is 1. The fourth-order valence-electron chi connectivity index (χ4n) is 4.34. The molecule has 0 amide bonds. The molecule has 12 heteroatoms. The molecular weight excluding hydrogens is 452 g/mol. The van der Waals surface area contributed by atoms with Crippen molar-refractivity contribution in [2.24, 2.45) is 0 Å². The molecule has 2 aliphatic rings. The van der Waals surface area contributed by atoms with Gasteiger partial charge in [0.15, 0.2) is 0 Å². The summed E-state index contributed by atoms with van der Waals surface area (Å²) < 4.78 is 12.5. The van der Waals surface area contributed by atoms with Crippen LogP contribution >= 0.6 is 0 Å². The molecule has 0 aliphatic carbocycles. The van der Waals surface area contributed by atoms with Crippen molar-refractivity contribution < 1.29 is 14.4 Å². The molecule has 1 aromatic carbocycles. The summed E-state index contributed by atoms with van der Waals surface area (Å²) in [6.07, 6.45) is 6.12. The number of methoxy groups -OCH3 is 1. The van der Waals surface area contributed by atoms with Crippen LogP contribution in [0.2, 0.25) is 0 Å². The van der Waals surface area contributed by atoms with E-state index in [4.69, 9.17) is 9.47 Å². The smallest absolute Gasteiger partial charge is 0.414 e. The zero-order valence-corrected chi connectivity index (χ0v) is 19.5. The molecule has 0 bridgehead atoms.